The average molecular weight is 290 g/mol. The number of aromatic hydroxyl groups is 1. The largest absolute Gasteiger partial charge is 0.493 e. The van der Waals surface area contributed by atoms with E-state index in [-0.39, 0.29) is 16.9 Å². The minimum Gasteiger partial charge on any atom is -0.493 e. The molecule has 2 aromatic rings. The normalized spacial score (nSPS) is 11.6. The molecule has 0 amide bonds. The van der Waals surface area contributed by atoms with Crippen molar-refractivity contribution < 1.29 is 5.11 Å². The molecule has 0 aliphatic heterocycles. The lowest BCUT2D eigenvalue weighted by Crippen LogP contribution is -2.10. The van der Waals surface area contributed by atoms with Gasteiger partial charge in [-0.2, -0.15) is 4.98 Å². The fraction of sp³-hybridized carbons (Fsp3) is 0.333. The van der Waals surface area contributed by atoms with E-state index in [4.69, 9.17) is 0 Å². The predicted molar refractivity (Wildman–Crippen MR) is 81.2 cm³/mol. The van der Waals surface area contributed by atoms with Crippen LogP contribution in [-0.4, -0.2) is 15.1 Å². The molecule has 0 saturated heterocycles. The fourth-order valence-electron chi connectivity index (χ4n) is 1.74. The van der Waals surface area contributed by atoms with Crippen molar-refractivity contribution in [1.29, 1.82) is 0 Å². The molecule has 0 unspecified atom stereocenters. The molecule has 0 radical (unpaired) electrons. The zero-order valence-electron chi connectivity index (χ0n) is 11.8. The lowest BCUT2D eigenvalue weighted by atomic mass is 9.87. The van der Waals surface area contributed by atoms with Crippen LogP contribution < -0.4 is 5.56 Å². The fourth-order valence-corrected chi connectivity index (χ4v) is 2.57. The standard InChI is InChI=1S/C15H18N2O2S/c1-15(2,3)11-6-4-10(5-7-11)9-20-14-16-12(18)8-13(19)17-14/h4-8H,9H2,1-3H3,(H2,16,17,18,19). The minimum absolute atomic E-state index is 0.143. The second-order valence-corrected chi connectivity index (χ2v) is 6.61. The van der Waals surface area contributed by atoms with Gasteiger partial charge in [-0.1, -0.05) is 56.8 Å². The minimum atomic E-state index is -0.344. The van der Waals surface area contributed by atoms with Crippen molar-refractivity contribution in [3.63, 3.8) is 0 Å². The second-order valence-electron chi connectivity index (χ2n) is 5.64. The van der Waals surface area contributed by atoms with E-state index < -0.39 is 0 Å². The van der Waals surface area contributed by atoms with Gasteiger partial charge in [-0.15, -0.1) is 0 Å². The molecular weight excluding hydrogens is 272 g/mol. The Morgan fingerprint density at radius 1 is 1.25 bits per heavy atom. The Morgan fingerprint density at radius 2 is 1.90 bits per heavy atom. The molecular formula is C15H18N2O2S. The molecule has 0 aliphatic carbocycles. The number of hydrogen-bond acceptors (Lipinski definition) is 4. The topological polar surface area (TPSA) is 66.0 Å². The van der Waals surface area contributed by atoms with E-state index >= 15 is 0 Å². The van der Waals surface area contributed by atoms with Gasteiger partial charge in [-0.3, -0.25) is 4.79 Å². The summed E-state index contributed by atoms with van der Waals surface area (Å²) < 4.78 is 0. The summed E-state index contributed by atoms with van der Waals surface area (Å²) in [5.74, 6) is 0.441. The third kappa shape index (κ3) is 3.87. The Labute approximate surface area is 122 Å². The van der Waals surface area contributed by atoms with Gasteiger partial charge in [0.15, 0.2) is 5.16 Å². The van der Waals surface area contributed by atoms with Crippen LogP contribution in [0.5, 0.6) is 5.88 Å². The van der Waals surface area contributed by atoms with Crippen LogP contribution in [0.1, 0.15) is 31.9 Å². The van der Waals surface area contributed by atoms with E-state index in [0.717, 1.165) is 11.6 Å². The Morgan fingerprint density at radius 3 is 2.45 bits per heavy atom. The molecule has 1 aromatic carbocycles. The quantitative estimate of drug-likeness (QED) is 0.673. The van der Waals surface area contributed by atoms with E-state index in [1.807, 2.05) is 0 Å². The maximum absolute atomic E-state index is 11.2. The first-order valence-electron chi connectivity index (χ1n) is 6.37. The van der Waals surface area contributed by atoms with Crippen LogP contribution in [0.4, 0.5) is 0 Å². The summed E-state index contributed by atoms with van der Waals surface area (Å²) in [4.78, 5) is 17.7. The van der Waals surface area contributed by atoms with Gasteiger partial charge < -0.3 is 10.1 Å². The summed E-state index contributed by atoms with van der Waals surface area (Å²) >= 11 is 1.39. The smallest absolute Gasteiger partial charge is 0.255 e. The molecule has 1 heterocycles. The number of hydrogen-bond donors (Lipinski definition) is 2. The van der Waals surface area contributed by atoms with Crippen LogP contribution >= 0.6 is 11.8 Å². The van der Waals surface area contributed by atoms with E-state index in [1.165, 1.54) is 17.3 Å². The second kappa shape index (κ2) is 5.71. The highest BCUT2D eigenvalue weighted by Gasteiger charge is 2.12. The van der Waals surface area contributed by atoms with E-state index in [2.05, 4.69) is 55.0 Å². The molecule has 0 saturated carbocycles. The number of aromatic nitrogens is 2. The summed E-state index contributed by atoms with van der Waals surface area (Å²) in [5, 5.41) is 9.70. The first kappa shape index (κ1) is 14.7. The SMILES string of the molecule is CC(C)(C)c1ccc(CSc2nc(O)cc(=O)[nH]2)cc1. The summed E-state index contributed by atoms with van der Waals surface area (Å²) in [6.07, 6.45) is 0. The van der Waals surface area contributed by atoms with Crippen LogP contribution in [0.15, 0.2) is 40.3 Å². The highest BCUT2D eigenvalue weighted by atomic mass is 32.2. The monoisotopic (exact) mass is 290 g/mol. The molecule has 0 spiro atoms. The van der Waals surface area contributed by atoms with Crippen molar-refractivity contribution in [1.82, 2.24) is 9.97 Å². The van der Waals surface area contributed by atoms with Gasteiger partial charge in [-0.25, -0.2) is 0 Å². The maximum Gasteiger partial charge on any atom is 0.255 e. The molecule has 106 valence electrons. The van der Waals surface area contributed by atoms with Crippen molar-refractivity contribution in [2.24, 2.45) is 0 Å². The maximum atomic E-state index is 11.2. The molecule has 2 rings (SSSR count). The lowest BCUT2D eigenvalue weighted by Gasteiger charge is -2.19. The first-order valence-corrected chi connectivity index (χ1v) is 7.36. The molecule has 1 aromatic heterocycles. The first-order chi connectivity index (χ1) is 9.34. The summed E-state index contributed by atoms with van der Waals surface area (Å²) in [6.45, 7) is 6.54. The van der Waals surface area contributed by atoms with Gasteiger partial charge in [0.05, 0.1) is 6.07 Å². The third-order valence-corrected chi connectivity index (χ3v) is 3.85. The zero-order chi connectivity index (χ0) is 14.8. The molecule has 0 atom stereocenters. The van der Waals surface area contributed by atoms with Gasteiger partial charge in [0.25, 0.3) is 5.56 Å². The third-order valence-electron chi connectivity index (χ3n) is 2.90. The van der Waals surface area contributed by atoms with Crippen LogP contribution in [-0.2, 0) is 11.2 Å². The molecule has 4 nitrogen and oxygen atoms in total. The Balaban J connectivity index is 2.06. The average Bonchev–Trinajstić information content (AvgIpc) is 2.35. The molecule has 0 fully saturated rings. The zero-order valence-corrected chi connectivity index (χ0v) is 12.6. The summed E-state index contributed by atoms with van der Waals surface area (Å²) in [5.41, 5.74) is 2.23. The van der Waals surface area contributed by atoms with Crippen molar-refractivity contribution in [3.8, 4) is 5.88 Å². The number of aromatic amines is 1. The highest BCUT2D eigenvalue weighted by molar-refractivity contribution is 7.98. The van der Waals surface area contributed by atoms with Gasteiger partial charge in [0.1, 0.15) is 0 Å². The van der Waals surface area contributed by atoms with Crippen molar-refractivity contribution in [2.75, 3.05) is 0 Å². The lowest BCUT2D eigenvalue weighted by molar-refractivity contribution is 0.444. The summed E-state index contributed by atoms with van der Waals surface area (Å²) in [7, 11) is 0. The van der Waals surface area contributed by atoms with Gasteiger partial charge in [0, 0.05) is 5.75 Å². The number of H-pyrrole nitrogens is 1. The van der Waals surface area contributed by atoms with E-state index in [9.17, 15) is 9.90 Å². The van der Waals surface area contributed by atoms with Gasteiger partial charge in [0.2, 0.25) is 5.88 Å². The Kier molecular flexibility index (Phi) is 4.18. The molecule has 20 heavy (non-hydrogen) atoms. The van der Waals surface area contributed by atoms with Crippen LogP contribution in [0.25, 0.3) is 0 Å². The predicted octanol–water partition coefficient (Wildman–Crippen LogP) is 3.07. The van der Waals surface area contributed by atoms with Crippen molar-refractivity contribution >= 4 is 11.8 Å². The van der Waals surface area contributed by atoms with Gasteiger partial charge >= 0.3 is 0 Å². The summed E-state index contributed by atoms with van der Waals surface area (Å²) in [6, 6.07) is 9.45. The van der Waals surface area contributed by atoms with Crippen LogP contribution in [0.3, 0.4) is 0 Å². The van der Waals surface area contributed by atoms with E-state index in [0.29, 0.717) is 10.9 Å². The van der Waals surface area contributed by atoms with Crippen molar-refractivity contribution in [2.45, 2.75) is 37.1 Å². The number of thioether (sulfide) groups is 1. The molecule has 5 heteroatoms. The number of benzene rings is 1. The Bertz CT molecular complexity index is 642. The van der Waals surface area contributed by atoms with Crippen LogP contribution in [0.2, 0.25) is 0 Å². The number of rotatable bonds is 3. The molecule has 0 aliphatic rings. The van der Waals surface area contributed by atoms with Crippen LogP contribution in [0, 0.1) is 0 Å². The highest BCUT2D eigenvalue weighted by Crippen LogP contribution is 2.24. The number of nitrogens with zero attached hydrogens (tertiary/aromatic N) is 1. The number of nitrogens with one attached hydrogen (secondary N) is 1. The van der Waals surface area contributed by atoms with E-state index in [1.54, 1.807) is 0 Å². The molecule has 0 bridgehead atoms. The van der Waals surface area contributed by atoms with Crippen molar-refractivity contribution in [3.05, 3.63) is 51.8 Å². The molecule has 2 N–H and O–H groups in total. The van der Waals surface area contributed by atoms with Gasteiger partial charge in [-0.05, 0) is 16.5 Å². The Hall–Kier alpha value is -1.75.